The number of hydrogen-bond acceptors (Lipinski definition) is 2. The van der Waals surface area contributed by atoms with E-state index in [-0.39, 0.29) is 24.8 Å². The van der Waals surface area contributed by atoms with Crippen LogP contribution in [0.2, 0.25) is 0 Å². The fraction of sp³-hybridized carbons (Fsp3) is 0.867. The van der Waals surface area contributed by atoms with E-state index in [1.165, 1.54) is 18.7 Å². The standard InChI is InChI=1S/C15H22F3NO3/c1-14(2)11(15(16,17)18)7-8-19(14)12(20)9-3-5-10(6-4-9)13(21)22/h9-11H,3-8H2,1-2H3,(H,21,22). The molecule has 1 aliphatic carbocycles. The van der Waals surface area contributed by atoms with Gasteiger partial charge >= 0.3 is 12.1 Å². The van der Waals surface area contributed by atoms with Gasteiger partial charge in [-0.15, -0.1) is 0 Å². The van der Waals surface area contributed by atoms with Crippen LogP contribution >= 0.6 is 0 Å². The Morgan fingerprint density at radius 3 is 1.95 bits per heavy atom. The third kappa shape index (κ3) is 3.08. The summed E-state index contributed by atoms with van der Waals surface area (Å²) in [5, 5.41) is 8.96. The Morgan fingerprint density at radius 2 is 1.55 bits per heavy atom. The van der Waals surface area contributed by atoms with Crippen molar-refractivity contribution in [3.8, 4) is 0 Å². The van der Waals surface area contributed by atoms with Gasteiger partial charge in [-0.1, -0.05) is 0 Å². The second-order valence-electron chi connectivity index (χ2n) is 6.91. The summed E-state index contributed by atoms with van der Waals surface area (Å²) in [6.45, 7) is 3.06. The van der Waals surface area contributed by atoms with Gasteiger partial charge in [-0.05, 0) is 46.0 Å². The summed E-state index contributed by atoms with van der Waals surface area (Å²) in [4.78, 5) is 24.9. The molecule has 1 heterocycles. The van der Waals surface area contributed by atoms with Crippen molar-refractivity contribution in [2.75, 3.05) is 6.54 Å². The predicted octanol–water partition coefficient (Wildman–Crippen LogP) is 3.07. The highest BCUT2D eigenvalue weighted by atomic mass is 19.4. The Labute approximate surface area is 127 Å². The van der Waals surface area contributed by atoms with E-state index in [2.05, 4.69) is 0 Å². The van der Waals surface area contributed by atoms with Crippen LogP contribution in [-0.4, -0.2) is 40.1 Å². The molecule has 0 bridgehead atoms. The van der Waals surface area contributed by atoms with E-state index in [0.29, 0.717) is 25.7 Å². The van der Waals surface area contributed by atoms with Crippen molar-refractivity contribution in [1.82, 2.24) is 4.90 Å². The molecule has 1 saturated carbocycles. The average molecular weight is 321 g/mol. The van der Waals surface area contributed by atoms with E-state index in [9.17, 15) is 22.8 Å². The van der Waals surface area contributed by atoms with E-state index < -0.39 is 29.5 Å². The minimum absolute atomic E-state index is 0.0628. The van der Waals surface area contributed by atoms with E-state index in [1.807, 2.05) is 0 Å². The maximum absolute atomic E-state index is 13.1. The Balaban J connectivity index is 2.04. The monoisotopic (exact) mass is 321 g/mol. The lowest BCUT2D eigenvalue weighted by Gasteiger charge is -2.39. The number of likely N-dealkylation sites (tertiary alicyclic amines) is 1. The second-order valence-corrected chi connectivity index (χ2v) is 6.91. The maximum atomic E-state index is 13.1. The molecule has 0 aromatic carbocycles. The normalized spacial score (nSPS) is 32.0. The summed E-state index contributed by atoms with van der Waals surface area (Å²) >= 11 is 0. The molecule has 2 rings (SSSR count). The van der Waals surface area contributed by atoms with E-state index in [1.54, 1.807) is 0 Å². The molecule has 7 heteroatoms. The number of alkyl halides is 3. The number of aliphatic carboxylic acids is 1. The molecule has 1 saturated heterocycles. The van der Waals surface area contributed by atoms with E-state index in [4.69, 9.17) is 5.11 Å². The van der Waals surface area contributed by atoms with Gasteiger partial charge in [0.15, 0.2) is 0 Å². The van der Waals surface area contributed by atoms with Gasteiger partial charge < -0.3 is 10.0 Å². The minimum atomic E-state index is -4.31. The number of carbonyl (C=O) groups is 2. The number of carbonyl (C=O) groups excluding carboxylic acids is 1. The Kier molecular flexibility index (Phi) is 4.46. The van der Waals surface area contributed by atoms with Gasteiger partial charge in [0.25, 0.3) is 0 Å². The van der Waals surface area contributed by atoms with Crippen molar-refractivity contribution in [3.63, 3.8) is 0 Å². The highest BCUT2D eigenvalue weighted by Crippen LogP contribution is 2.46. The smallest absolute Gasteiger partial charge is 0.394 e. The number of carboxylic acids is 1. The Morgan fingerprint density at radius 1 is 1.05 bits per heavy atom. The lowest BCUT2D eigenvalue weighted by Crippen LogP contribution is -2.51. The first-order valence-corrected chi connectivity index (χ1v) is 7.66. The SMILES string of the molecule is CC1(C)C(C(F)(F)F)CCN1C(=O)C1CCC(C(=O)O)CC1. The summed E-state index contributed by atoms with van der Waals surface area (Å²) in [5.74, 6) is -3.38. The van der Waals surface area contributed by atoms with Gasteiger partial charge in [0.05, 0.1) is 11.8 Å². The van der Waals surface area contributed by atoms with Crippen LogP contribution in [0.25, 0.3) is 0 Å². The zero-order valence-electron chi connectivity index (χ0n) is 12.8. The lowest BCUT2D eigenvalue weighted by molar-refractivity contribution is -0.193. The van der Waals surface area contributed by atoms with Crippen molar-refractivity contribution in [2.45, 2.75) is 57.7 Å². The number of halogens is 3. The summed E-state index contributed by atoms with van der Waals surface area (Å²) in [7, 11) is 0. The van der Waals surface area contributed by atoms with Crippen molar-refractivity contribution < 1.29 is 27.9 Å². The summed E-state index contributed by atoms with van der Waals surface area (Å²) in [5.41, 5.74) is -1.24. The van der Waals surface area contributed by atoms with Gasteiger partial charge in [-0.3, -0.25) is 9.59 Å². The third-order valence-electron chi connectivity index (χ3n) is 5.28. The summed E-state index contributed by atoms with van der Waals surface area (Å²) in [6, 6.07) is 0. The molecule has 0 spiro atoms. The van der Waals surface area contributed by atoms with Crippen molar-refractivity contribution in [2.24, 2.45) is 17.8 Å². The largest absolute Gasteiger partial charge is 0.481 e. The van der Waals surface area contributed by atoms with Crippen molar-refractivity contribution in [1.29, 1.82) is 0 Å². The van der Waals surface area contributed by atoms with Crippen LogP contribution in [0.3, 0.4) is 0 Å². The minimum Gasteiger partial charge on any atom is -0.481 e. The van der Waals surface area contributed by atoms with Crippen LogP contribution in [0.15, 0.2) is 0 Å². The van der Waals surface area contributed by atoms with Gasteiger partial charge in [0, 0.05) is 18.0 Å². The summed E-state index contributed by atoms with van der Waals surface area (Å²) < 4.78 is 39.2. The van der Waals surface area contributed by atoms with Crippen LogP contribution in [0.4, 0.5) is 13.2 Å². The van der Waals surface area contributed by atoms with Crippen LogP contribution in [0.5, 0.6) is 0 Å². The van der Waals surface area contributed by atoms with E-state index >= 15 is 0 Å². The molecule has 2 fully saturated rings. The Hall–Kier alpha value is -1.27. The molecule has 4 nitrogen and oxygen atoms in total. The molecule has 1 aliphatic heterocycles. The van der Waals surface area contributed by atoms with Crippen LogP contribution in [0, 0.1) is 17.8 Å². The molecule has 22 heavy (non-hydrogen) atoms. The molecule has 2 aliphatic rings. The zero-order chi connectivity index (χ0) is 16.7. The molecule has 0 aromatic rings. The van der Waals surface area contributed by atoms with Crippen molar-refractivity contribution >= 4 is 11.9 Å². The number of nitrogens with zero attached hydrogens (tertiary/aromatic N) is 1. The van der Waals surface area contributed by atoms with Gasteiger partial charge in [0.2, 0.25) is 5.91 Å². The second kappa shape index (κ2) is 5.74. The Bertz CT molecular complexity index is 453. The molecule has 0 radical (unpaired) electrons. The molecular formula is C15H22F3NO3. The fourth-order valence-electron chi connectivity index (χ4n) is 3.85. The third-order valence-corrected chi connectivity index (χ3v) is 5.28. The van der Waals surface area contributed by atoms with Crippen LogP contribution in [0.1, 0.15) is 46.0 Å². The quantitative estimate of drug-likeness (QED) is 0.850. The number of rotatable bonds is 2. The molecule has 1 unspecified atom stereocenters. The fourth-order valence-corrected chi connectivity index (χ4v) is 3.85. The van der Waals surface area contributed by atoms with Crippen LogP contribution in [-0.2, 0) is 9.59 Å². The van der Waals surface area contributed by atoms with E-state index in [0.717, 1.165) is 0 Å². The number of hydrogen-bond donors (Lipinski definition) is 1. The molecular weight excluding hydrogens is 299 g/mol. The first-order chi connectivity index (χ1) is 10.0. The lowest BCUT2D eigenvalue weighted by atomic mass is 9.80. The predicted molar refractivity (Wildman–Crippen MR) is 73.0 cm³/mol. The summed E-state index contributed by atoms with van der Waals surface area (Å²) in [6.07, 6.45) is -2.64. The molecule has 0 aromatic heterocycles. The molecule has 126 valence electrons. The van der Waals surface area contributed by atoms with Crippen LogP contribution < -0.4 is 0 Å². The van der Waals surface area contributed by atoms with Gasteiger partial charge in [-0.2, -0.15) is 13.2 Å². The zero-order valence-corrected chi connectivity index (χ0v) is 12.8. The highest BCUT2D eigenvalue weighted by molar-refractivity contribution is 5.80. The number of amides is 1. The average Bonchev–Trinajstić information content (AvgIpc) is 2.73. The van der Waals surface area contributed by atoms with Crippen molar-refractivity contribution in [3.05, 3.63) is 0 Å². The van der Waals surface area contributed by atoms with Gasteiger partial charge in [0.1, 0.15) is 0 Å². The topological polar surface area (TPSA) is 57.6 Å². The maximum Gasteiger partial charge on any atom is 0.394 e. The molecule has 1 amide bonds. The van der Waals surface area contributed by atoms with Gasteiger partial charge in [-0.25, -0.2) is 0 Å². The highest BCUT2D eigenvalue weighted by Gasteiger charge is 2.56. The first kappa shape index (κ1) is 17.1. The number of carboxylic acid groups (broad SMARTS) is 1. The molecule has 1 atom stereocenters. The first-order valence-electron chi connectivity index (χ1n) is 7.66. The molecule has 1 N–H and O–H groups in total.